The molecular formula is C10H16N2O3S. The zero-order chi connectivity index (χ0) is 12.2. The van der Waals surface area contributed by atoms with Gasteiger partial charge in [0.1, 0.15) is 0 Å². The predicted molar refractivity (Wildman–Crippen MR) is 63.5 cm³/mol. The molecule has 0 fully saturated rings. The van der Waals surface area contributed by atoms with Crippen molar-refractivity contribution in [2.75, 3.05) is 13.2 Å². The average Bonchev–Trinajstić information content (AvgIpc) is 2.66. The highest BCUT2D eigenvalue weighted by atomic mass is 32.1. The van der Waals surface area contributed by atoms with Crippen molar-refractivity contribution in [1.29, 1.82) is 0 Å². The zero-order valence-electron chi connectivity index (χ0n) is 9.40. The number of aliphatic hydroxyl groups is 1. The molecule has 0 saturated heterocycles. The summed E-state index contributed by atoms with van der Waals surface area (Å²) in [4.78, 5) is 10.1. The van der Waals surface area contributed by atoms with Crippen LogP contribution in [0.2, 0.25) is 0 Å². The molecule has 2 N–H and O–H groups in total. The van der Waals surface area contributed by atoms with E-state index in [9.17, 15) is 10.1 Å². The van der Waals surface area contributed by atoms with E-state index in [0.717, 1.165) is 16.9 Å². The number of nitrogens with zero attached hydrogens (tertiary/aromatic N) is 1. The molecule has 6 heteroatoms. The molecule has 0 bridgehead atoms. The van der Waals surface area contributed by atoms with E-state index in [0.29, 0.717) is 13.1 Å². The summed E-state index contributed by atoms with van der Waals surface area (Å²) in [6, 6.07) is 1.57. The van der Waals surface area contributed by atoms with Crippen LogP contribution in [-0.4, -0.2) is 23.2 Å². The lowest BCUT2D eigenvalue weighted by Crippen LogP contribution is -2.31. The average molecular weight is 244 g/mol. The number of rotatable bonds is 6. The largest absolute Gasteiger partial charge is 0.396 e. The van der Waals surface area contributed by atoms with Crippen LogP contribution in [0.25, 0.3) is 0 Å². The van der Waals surface area contributed by atoms with Gasteiger partial charge in [0.05, 0.1) is 4.92 Å². The molecule has 0 saturated carbocycles. The van der Waals surface area contributed by atoms with E-state index in [-0.39, 0.29) is 21.9 Å². The van der Waals surface area contributed by atoms with Crippen LogP contribution in [0.4, 0.5) is 5.00 Å². The summed E-state index contributed by atoms with van der Waals surface area (Å²) in [5.41, 5.74) is 0.743. The van der Waals surface area contributed by atoms with Crippen molar-refractivity contribution in [3.63, 3.8) is 0 Å². The molecule has 0 atom stereocenters. The second-order valence-electron chi connectivity index (χ2n) is 4.48. The number of nitrogens with one attached hydrogen (secondary N) is 1. The number of thiophene rings is 1. The topological polar surface area (TPSA) is 75.4 Å². The summed E-state index contributed by atoms with van der Waals surface area (Å²) in [6.07, 6.45) is 0. The molecule has 1 aromatic rings. The first kappa shape index (κ1) is 13.1. The van der Waals surface area contributed by atoms with Gasteiger partial charge in [-0.05, 0) is 5.56 Å². The minimum atomic E-state index is -0.383. The van der Waals surface area contributed by atoms with E-state index in [1.165, 1.54) is 0 Å². The monoisotopic (exact) mass is 244 g/mol. The normalized spacial score (nSPS) is 11.7. The van der Waals surface area contributed by atoms with Crippen molar-refractivity contribution >= 4 is 16.3 Å². The number of hydrogen-bond donors (Lipinski definition) is 2. The van der Waals surface area contributed by atoms with Crippen molar-refractivity contribution in [3.8, 4) is 0 Å². The van der Waals surface area contributed by atoms with Crippen LogP contribution in [0.1, 0.15) is 19.4 Å². The van der Waals surface area contributed by atoms with Gasteiger partial charge in [0, 0.05) is 36.6 Å². The molecule has 0 spiro atoms. The first-order valence-corrected chi connectivity index (χ1v) is 5.86. The molecule has 1 heterocycles. The van der Waals surface area contributed by atoms with Crippen LogP contribution in [0, 0.1) is 15.5 Å². The highest BCUT2D eigenvalue weighted by molar-refractivity contribution is 7.13. The Kier molecular flexibility index (Phi) is 4.40. The fourth-order valence-corrected chi connectivity index (χ4v) is 1.88. The predicted octanol–water partition coefficient (Wildman–Crippen LogP) is 1.76. The van der Waals surface area contributed by atoms with Gasteiger partial charge in [-0.15, -0.1) is 0 Å². The molecule has 0 aromatic carbocycles. The molecule has 1 aromatic heterocycles. The third-order valence-electron chi connectivity index (χ3n) is 2.18. The van der Waals surface area contributed by atoms with Crippen molar-refractivity contribution in [1.82, 2.24) is 5.32 Å². The summed E-state index contributed by atoms with van der Waals surface area (Å²) in [7, 11) is 0. The van der Waals surface area contributed by atoms with Gasteiger partial charge in [-0.2, -0.15) is 0 Å². The second kappa shape index (κ2) is 5.38. The van der Waals surface area contributed by atoms with Gasteiger partial charge >= 0.3 is 5.00 Å². The molecule has 0 aliphatic heterocycles. The van der Waals surface area contributed by atoms with E-state index in [2.05, 4.69) is 5.32 Å². The smallest absolute Gasteiger partial charge is 0.324 e. The van der Waals surface area contributed by atoms with Crippen LogP contribution in [0.3, 0.4) is 0 Å². The lowest BCUT2D eigenvalue weighted by atomic mass is 9.95. The molecule has 5 nitrogen and oxygen atoms in total. The van der Waals surface area contributed by atoms with Gasteiger partial charge < -0.3 is 10.4 Å². The molecule has 0 amide bonds. The SMILES string of the molecule is CC(C)(CO)CNCc1csc([N+](=O)[O-])c1. The lowest BCUT2D eigenvalue weighted by Gasteiger charge is -2.21. The number of nitro groups is 1. The molecule has 0 unspecified atom stereocenters. The highest BCUT2D eigenvalue weighted by Gasteiger charge is 2.16. The van der Waals surface area contributed by atoms with E-state index in [1.54, 1.807) is 11.4 Å². The van der Waals surface area contributed by atoms with E-state index >= 15 is 0 Å². The van der Waals surface area contributed by atoms with E-state index < -0.39 is 0 Å². The Labute approximate surface area is 98.3 Å². The van der Waals surface area contributed by atoms with Gasteiger partial charge in [0.15, 0.2) is 0 Å². The molecule has 1 rings (SSSR count). The minimum absolute atomic E-state index is 0.115. The zero-order valence-corrected chi connectivity index (χ0v) is 10.2. The fraction of sp³-hybridized carbons (Fsp3) is 0.600. The van der Waals surface area contributed by atoms with Crippen LogP contribution in [0.5, 0.6) is 0 Å². The lowest BCUT2D eigenvalue weighted by molar-refractivity contribution is -0.380. The molecule has 0 aliphatic rings. The Morgan fingerprint density at radius 3 is 2.81 bits per heavy atom. The van der Waals surface area contributed by atoms with Crippen molar-refractivity contribution in [2.45, 2.75) is 20.4 Å². The first-order valence-electron chi connectivity index (χ1n) is 4.98. The Bertz CT molecular complexity index is 363. The van der Waals surface area contributed by atoms with Crippen LogP contribution in [-0.2, 0) is 6.54 Å². The Hall–Kier alpha value is -0.980. The van der Waals surface area contributed by atoms with Crippen molar-refractivity contribution in [3.05, 3.63) is 27.1 Å². The molecule has 90 valence electrons. The summed E-state index contributed by atoms with van der Waals surface area (Å²) < 4.78 is 0. The number of aliphatic hydroxyl groups excluding tert-OH is 1. The molecular weight excluding hydrogens is 228 g/mol. The molecule has 16 heavy (non-hydrogen) atoms. The summed E-state index contributed by atoms with van der Waals surface area (Å²) in [5.74, 6) is 0. The maximum Gasteiger partial charge on any atom is 0.324 e. The first-order chi connectivity index (χ1) is 7.44. The van der Waals surface area contributed by atoms with Crippen LogP contribution < -0.4 is 5.32 Å². The van der Waals surface area contributed by atoms with Gasteiger partial charge in [0.2, 0.25) is 0 Å². The van der Waals surface area contributed by atoms with E-state index in [1.807, 2.05) is 13.8 Å². The summed E-state index contributed by atoms with van der Waals surface area (Å²) in [6.45, 7) is 5.29. The third-order valence-corrected chi connectivity index (χ3v) is 3.11. The molecule has 0 aliphatic carbocycles. The Morgan fingerprint density at radius 2 is 2.31 bits per heavy atom. The van der Waals surface area contributed by atoms with Crippen molar-refractivity contribution in [2.24, 2.45) is 5.41 Å². The highest BCUT2D eigenvalue weighted by Crippen LogP contribution is 2.22. The maximum atomic E-state index is 10.5. The fourth-order valence-electron chi connectivity index (χ4n) is 1.15. The summed E-state index contributed by atoms with van der Waals surface area (Å²) in [5, 5.41) is 24.6. The Morgan fingerprint density at radius 1 is 1.62 bits per heavy atom. The maximum absolute atomic E-state index is 10.5. The van der Waals surface area contributed by atoms with Crippen LogP contribution in [0.15, 0.2) is 11.4 Å². The van der Waals surface area contributed by atoms with Gasteiger partial charge in [0.25, 0.3) is 0 Å². The second-order valence-corrected chi connectivity index (χ2v) is 5.37. The van der Waals surface area contributed by atoms with Crippen molar-refractivity contribution < 1.29 is 10.0 Å². The minimum Gasteiger partial charge on any atom is -0.396 e. The standard InChI is InChI=1S/C10H16N2O3S/c1-10(2,7-13)6-11-4-8-3-9(12(14)15)16-5-8/h3,5,11,13H,4,6-7H2,1-2H3. The van der Waals surface area contributed by atoms with Gasteiger partial charge in [-0.3, -0.25) is 10.1 Å². The quantitative estimate of drug-likeness (QED) is 0.590. The third kappa shape index (κ3) is 3.88. The Balaban J connectivity index is 2.40. The summed E-state index contributed by atoms with van der Waals surface area (Å²) >= 11 is 1.13. The van der Waals surface area contributed by atoms with Gasteiger partial charge in [-0.1, -0.05) is 25.2 Å². The molecule has 0 radical (unpaired) electrons. The van der Waals surface area contributed by atoms with Crippen LogP contribution >= 0.6 is 11.3 Å². The number of hydrogen-bond acceptors (Lipinski definition) is 5. The van der Waals surface area contributed by atoms with Gasteiger partial charge in [-0.25, -0.2) is 0 Å². The van der Waals surface area contributed by atoms with E-state index in [4.69, 9.17) is 5.11 Å².